The van der Waals surface area contributed by atoms with Crippen molar-refractivity contribution in [2.24, 2.45) is 0 Å². The highest BCUT2D eigenvalue weighted by molar-refractivity contribution is 6.09. The molecule has 0 aromatic heterocycles. The van der Waals surface area contributed by atoms with E-state index in [1.165, 1.54) is 5.56 Å². The molecule has 0 aliphatic carbocycles. The van der Waals surface area contributed by atoms with Gasteiger partial charge in [-0.25, -0.2) is 0 Å². The van der Waals surface area contributed by atoms with Crippen LogP contribution < -0.4 is 5.32 Å². The molecule has 1 atom stereocenters. The van der Waals surface area contributed by atoms with Gasteiger partial charge in [-0.15, -0.1) is 0 Å². The van der Waals surface area contributed by atoms with E-state index in [4.69, 9.17) is 0 Å². The molecule has 0 heterocycles. The number of hydrogen-bond acceptors (Lipinski definition) is 2. The van der Waals surface area contributed by atoms with Crippen LogP contribution in [-0.4, -0.2) is 12.8 Å². The predicted octanol–water partition coefficient (Wildman–Crippen LogP) is 4.47. The van der Waals surface area contributed by atoms with E-state index in [9.17, 15) is 4.79 Å². The maximum Gasteiger partial charge on any atom is 0.193 e. The van der Waals surface area contributed by atoms with Gasteiger partial charge in [-0.3, -0.25) is 4.79 Å². The molecular weight excluding hydrogens is 246 g/mol. The van der Waals surface area contributed by atoms with Crippen LogP contribution >= 0.6 is 0 Å². The Morgan fingerprint density at radius 3 is 2.40 bits per heavy atom. The number of hydrogen-bond donors (Lipinski definition) is 1. The number of rotatable bonds is 5. The summed E-state index contributed by atoms with van der Waals surface area (Å²) in [6.07, 6.45) is 1.11. The molecular formula is C18H21NO. The fraction of sp³-hybridized carbons (Fsp3) is 0.278. The average molecular weight is 267 g/mol. The summed E-state index contributed by atoms with van der Waals surface area (Å²) in [7, 11) is 1.85. The molecule has 0 radical (unpaired) electrons. The molecule has 0 aliphatic heterocycles. The molecule has 20 heavy (non-hydrogen) atoms. The molecule has 2 aromatic carbocycles. The molecule has 0 spiro atoms. The summed E-state index contributed by atoms with van der Waals surface area (Å²) in [5, 5.41) is 3.05. The van der Waals surface area contributed by atoms with E-state index >= 15 is 0 Å². The van der Waals surface area contributed by atoms with Crippen LogP contribution in [0.1, 0.15) is 47.7 Å². The van der Waals surface area contributed by atoms with E-state index in [1.54, 1.807) is 0 Å². The summed E-state index contributed by atoms with van der Waals surface area (Å²) in [6.45, 7) is 4.38. The van der Waals surface area contributed by atoms with Gasteiger partial charge in [0.25, 0.3) is 0 Å². The van der Waals surface area contributed by atoms with Gasteiger partial charge in [0, 0.05) is 23.9 Å². The van der Waals surface area contributed by atoms with Crippen molar-refractivity contribution in [3.8, 4) is 0 Å². The Bertz CT molecular complexity index is 587. The van der Waals surface area contributed by atoms with Crippen LogP contribution in [-0.2, 0) is 0 Å². The van der Waals surface area contributed by atoms with Gasteiger partial charge >= 0.3 is 0 Å². The summed E-state index contributed by atoms with van der Waals surface area (Å²) in [5.74, 6) is 0.601. The Labute approximate surface area is 120 Å². The molecule has 0 saturated heterocycles. The number of ketones is 1. The van der Waals surface area contributed by atoms with Crippen molar-refractivity contribution >= 4 is 11.5 Å². The van der Waals surface area contributed by atoms with E-state index in [0.717, 1.165) is 17.7 Å². The van der Waals surface area contributed by atoms with Gasteiger partial charge in [0.05, 0.1) is 0 Å². The quantitative estimate of drug-likeness (QED) is 0.810. The minimum atomic E-state index is 0.0674. The smallest absolute Gasteiger partial charge is 0.193 e. The first-order valence-corrected chi connectivity index (χ1v) is 7.08. The first-order valence-electron chi connectivity index (χ1n) is 7.08. The highest BCUT2D eigenvalue weighted by Crippen LogP contribution is 2.20. The van der Waals surface area contributed by atoms with E-state index < -0.39 is 0 Å². The Kier molecular flexibility index (Phi) is 4.57. The topological polar surface area (TPSA) is 29.1 Å². The van der Waals surface area contributed by atoms with E-state index in [-0.39, 0.29) is 5.78 Å². The molecule has 0 fully saturated rings. The van der Waals surface area contributed by atoms with Crippen molar-refractivity contribution in [3.63, 3.8) is 0 Å². The average Bonchev–Trinajstić information content (AvgIpc) is 2.53. The first-order chi connectivity index (χ1) is 9.65. The van der Waals surface area contributed by atoms with Crippen molar-refractivity contribution < 1.29 is 4.79 Å². The zero-order chi connectivity index (χ0) is 14.5. The summed E-state index contributed by atoms with van der Waals surface area (Å²) >= 11 is 0. The van der Waals surface area contributed by atoms with Crippen LogP contribution in [0.2, 0.25) is 0 Å². The highest BCUT2D eigenvalue weighted by atomic mass is 16.1. The molecule has 0 aliphatic rings. The second-order valence-electron chi connectivity index (χ2n) is 5.09. The Hall–Kier alpha value is -2.09. The van der Waals surface area contributed by atoms with Crippen molar-refractivity contribution in [1.29, 1.82) is 0 Å². The number of carbonyl (C=O) groups excluding carboxylic acids is 1. The molecule has 1 unspecified atom stereocenters. The van der Waals surface area contributed by atoms with Crippen LogP contribution in [0.15, 0.2) is 48.5 Å². The zero-order valence-corrected chi connectivity index (χ0v) is 12.3. The highest BCUT2D eigenvalue weighted by Gasteiger charge is 2.10. The van der Waals surface area contributed by atoms with Crippen molar-refractivity contribution in [3.05, 3.63) is 65.2 Å². The lowest BCUT2D eigenvalue weighted by Gasteiger charge is -2.09. The largest absolute Gasteiger partial charge is 0.388 e. The monoisotopic (exact) mass is 267 g/mol. The summed E-state index contributed by atoms with van der Waals surface area (Å²) in [6, 6.07) is 15.5. The molecule has 2 heteroatoms. The maximum atomic E-state index is 12.4. The Morgan fingerprint density at radius 2 is 1.80 bits per heavy atom. The van der Waals surface area contributed by atoms with Gasteiger partial charge < -0.3 is 5.32 Å². The molecule has 2 aromatic rings. The standard InChI is InChI=1S/C18H21NO/c1-4-13(2)14-8-10-15(11-9-14)18(20)16-6-5-7-17(12-16)19-3/h5-13,19H,4H2,1-3H3. The van der Waals surface area contributed by atoms with Crippen LogP contribution in [0, 0.1) is 0 Å². The van der Waals surface area contributed by atoms with E-state index in [2.05, 4.69) is 31.3 Å². The lowest BCUT2D eigenvalue weighted by Crippen LogP contribution is -2.02. The van der Waals surface area contributed by atoms with Crippen molar-refractivity contribution in [2.75, 3.05) is 12.4 Å². The van der Waals surface area contributed by atoms with Crippen LogP contribution in [0.25, 0.3) is 0 Å². The van der Waals surface area contributed by atoms with Crippen LogP contribution in [0.4, 0.5) is 5.69 Å². The molecule has 1 N–H and O–H groups in total. The third-order valence-electron chi connectivity index (χ3n) is 3.77. The predicted molar refractivity (Wildman–Crippen MR) is 84.6 cm³/mol. The number of benzene rings is 2. The normalized spacial score (nSPS) is 11.9. The Balaban J connectivity index is 2.24. The first kappa shape index (κ1) is 14.3. The molecule has 0 saturated carbocycles. The minimum absolute atomic E-state index is 0.0674. The van der Waals surface area contributed by atoms with E-state index in [0.29, 0.717) is 11.5 Å². The van der Waals surface area contributed by atoms with Gasteiger partial charge in [0.1, 0.15) is 0 Å². The van der Waals surface area contributed by atoms with Crippen molar-refractivity contribution in [2.45, 2.75) is 26.2 Å². The van der Waals surface area contributed by atoms with Gasteiger partial charge in [0.2, 0.25) is 0 Å². The zero-order valence-electron chi connectivity index (χ0n) is 12.3. The van der Waals surface area contributed by atoms with Crippen LogP contribution in [0.3, 0.4) is 0 Å². The lowest BCUT2D eigenvalue weighted by atomic mass is 9.95. The fourth-order valence-corrected chi connectivity index (χ4v) is 2.18. The van der Waals surface area contributed by atoms with Gasteiger partial charge in [-0.1, -0.05) is 50.2 Å². The SMILES string of the molecule is CCC(C)c1ccc(C(=O)c2cccc(NC)c2)cc1. The number of carbonyl (C=O) groups is 1. The minimum Gasteiger partial charge on any atom is -0.388 e. The summed E-state index contributed by atoms with van der Waals surface area (Å²) < 4.78 is 0. The summed E-state index contributed by atoms with van der Waals surface area (Å²) in [5.41, 5.74) is 3.69. The van der Waals surface area contributed by atoms with Gasteiger partial charge in [-0.2, -0.15) is 0 Å². The molecule has 2 nitrogen and oxygen atoms in total. The maximum absolute atomic E-state index is 12.4. The van der Waals surface area contributed by atoms with Gasteiger partial charge in [-0.05, 0) is 30.0 Å². The third kappa shape index (κ3) is 3.08. The summed E-state index contributed by atoms with van der Waals surface area (Å²) in [4.78, 5) is 12.4. The van der Waals surface area contributed by atoms with Crippen molar-refractivity contribution in [1.82, 2.24) is 0 Å². The van der Waals surface area contributed by atoms with Crippen LogP contribution in [0.5, 0.6) is 0 Å². The Morgan fingerprint density at radius 1 is 1.10 bits per heavy atom. The molecule has 0 amide bonds. The molecule has 104 valence electrons. The van der Waals surface area contributed by atoms with E-state index in [1.807, 2.05) is 43.4 Å². The molecule has 2 rings (SSSR count). The molecule has 0 bridgehead atoms. The number of nitrogens with one attached hydrogen (secondary N) is 1. The van der Waals surface area contributed by atoms with Gasteiger partial charge in [0.15, 0.2) is 5.78 Å². The number of anilines is 1. The fourth-order valence-electron chi connectivity index (χ4n) is 2.18. The second-order valence-corrected chi connectivity index (χ2v) is 5.09. The third-order valence-corrected chi connectivity index (χ3v) is 3.77. The lowest BCUT2D eigenvalue weighted by molar-refractivity contribution is 0.103. The second kappa shape index (κ2) is 6.38.